The van der Waals surface area contributed by atoms with E-state index in [1.54, 1.807) is 0 Å². The van der Waals surface area contributed by atoms with E-state index in [2.05, 4.69) is 0 Å². The zero-order valence-electron chi connectivity index (χ0n) is 3.72. The minimum absolute atomic E-state index is 0. The Morgan fingerprint density at radius 1 is 0.900 bits per heavy atom. The second-order valence-corrected chi connectivity index (χ2v) is 0.250. The van der Waals surface area contributed by atoms with Crippen LogP contribution in [0.15, 0.2) is 0 Å². The molecule has 0 saturated carbocycles. The van der Waals surface area contributed by atoms with E-state index < -0.39 is 6.16 Å². The van der Waals surface area contributed by atoms with Gasteiger partial charge in [-0.2, -0.15) is 0 Å². The minimum atomic E-state index is -2.33. The fourth-order valence-corrected chi connectivity index (χ4v) is 0. The molecule has 0 fully saturated rings. The van der Waals surface area contributed by atoms with E-state index in [4.69, 9.17) is 15.0 Å². The molecule has 0 aliphatic rings. The first-order valence-corrected chi connectivity index (χ1v) is 0.612. The van der Waals surface area contributed by atoms with Gasteiger partial charge >= 0.3 is 200 Å². The van der Waals surface area contributed by atoms with Crippen molar-refractivity contribution in [2.75, 3.05) is 0 Å². The Morgan fingerprint density at radius 3 is 0.900 bits per heavy atom. The summed E-state index contributed by atoms with van der Waals surface area (Å²) in [6.07, 6.45) is -2.33. The molecule has 0 aliphatic heterocycles. The molecule has 0 rings (SSSR count). The summed E-state index contributed by atoms with van der Waals surface area (Å²) >= 11 is 0. The zero-order valence-corrected chi connectivity index (χ0v) is 3.72. The summed E-state index contributed by atoms with van der Waals surface area (Å²) in [5.74, 6) is 0. The van der Waals surface area contributed by atoms with Crippen molar-refractivity contribution in [3.8, 4) is 0 Å². The second-order valence-electron chi connectivity index (χ2n) is 0.250. The number of hydrogen-bond acceptors (Lipinski definition) is 3. The van der Waals surface area contributed by atoms with Crippen LogP contribution in [0.1, 0.15) is 0 Å². The van der Waals surface area contributed by atoms with Crippen molar-refractivity contribution in [1.82, 2.24) is 0 Å². The van der Waals surface area contributed by atoms with Crippen molar-refractivity contribution in [1.29, 1.82) is 0 Å². The van der Waals surface area contributed by atoms with Gasteiger partial charge in [-0.05, 0) is 6.16 Å². The number of carboxylic acid groups (broad SMARTS) is 2. The molecule has 0 aliphatic carbocycles. The first kappa shape index (κ1) is 44.8. The van der Waals surface area contributed by atoms with Crippen LogP contribution in [0.3, 0.4) is 0 Å². The Labute approximate surface area is 214 Å². The molecule has 9 heteroatoms. The van der Waals surface area contributed by atoms with Crippen molar-refractivity contribution in [2.45, 2.75) is 0 Å². The average molecular weight is 202 g/mol. The van der Waals surface area contributed by atoms with Crippen molar-refractivity contribution in [3.05, 3.63) is 0 Å². The van der Waals surface area contributed by atoms with Gasteiger partial charge in [0.25, 0.3) is 0 Å². The van der Waals surface area contributed by atoms with E-state index in [1.165, 1.54) is 0 Å². The van der Waals surface area contributed by atoms with E-state index in [0.717, 1.165) is 0 Å². The van der Waals surface area contributed by atoms with Crippen molar-refractivity contribution in [2.24, 2.45) is 0 Å². The summed E-state index contributed by atoms with van der Waals surface area (Å²) in [5.41, 5.74) is 0. The monoisotopic (exact) mass is 202 g/mol. The summed E-state index contributed by atoms with van der Waals surface area (Å²) in [6.45, 7) is 0. The summed E-state index contributed by atoms with van der Waals surface area (Å²) < 4.78 is 0. The molecule has 10 heavy (non-hydrogen) atoms. The van der Waals surface area contributed by atoms with Gasteiger partial charge in [-0.15, -0.1) is 0 Å². The molecule has 0 aromatic rings. The number of hydrogen-bond donors (Lipinski definition) is 0. The van der Waals surface area contributed by atoms with E-state index >= 15 is 0 Å². The van der Waals surface area contributed by atoms with Crippen LogP contribution in [-0.2, 0) is 0 Å². The third kappa shape index (κ3) is 67.7. The van der Waals surface area contributed by atoms with Crippen molar-refractivity contribution >= 4 is 168 Å². The number of rotatable bonds is 0. The Bertz CT molecular complexity index is 45.5. The van der Waals surface area contributed by atoms with Crippen LogP contribution in [0.25, 0.3) is 0 Å². The van der Waals surface area contributed by atoms with Crippen LogP contribution in [-0.4, -0.2) is 168 Å². The van der Waals surface area contributed by atoms with Crippen LogP contribution in [0.2, 0.25) is 0 Å². The molecule has 0 N–H and O–H groups in total. The van der Waals surface area contributed by atoms with Gasteiger partial charge in [0.1, 0.15) is 0 Å². The van der Waals surface area contributed by atoms with Crippen LogP contribution >= 0.6 is 0 Å². The molecule has 3 nitrogen and oxygen atoms in total. The predicted octanol–water partition coefficient (Wildman–Crippen LogP) is -11.0. The fraction of sp³-hybridized carbons (Fsp3) is 0. The van der Waals surface area contributed by atoms with E-state index in [9.17, 15) is 0 Å². The second kappa shape index (κ2) is 36.4. The van der Waals surface area contributed by atoms with Gasteiger partial charge in [0.05, 0.1) is 0 Å². The van der Waals surface area contributed by atoms with Gasteiger partial charge in [0.2, 0.25) is 0 Å². The van der Waals surface area contributed by atoms with Gasteiger partial charge < -0.3 is 15.0 Å². The summed E-state index contributed by atoms with van der Waals surface area (Å²) in [4.78, 5) is 8.33. The number of carbonyl (C=O) groups excluding carboxylic acids is 1. The normalized spacial score (nSPS) is 2.40. The third-order valence-electron chi connectivity index (χ3n) is 0. The van der Waals surface area contributed by atoms with Gasteiger partial charge in [0, 0.05) is 0 Å². The Morgan fingerprint density at radius 2 is 0.900 bits per heavy atom. The average Bonchev–Trinajstić information content (AvgIpc) is 0.811. The topological polar surface area (TPSA) is 63.2 Å². The molecule has 0 heterocycles. The molecule has 0 amide bonds. The zero-order chi connectivity index (χ0) is 3.58. The molecule has 0 aromatic carbocycles. The summed E-state index contributed by atoms with van der Waals surface area (Å²) in [6, 6.07) is 0. The molecule has 0 atom stereocenters. The van der Waals surface area contributed by atoms with E-state index in [0.29, 0.717) is 0 Å². The van der Waals surface area contributed by atoms with Crippen LogP contribution < -0.4 is 47.9 Å². The van der Waals surface area contributed by atoms with Gasteiger partial charge in [-0.3, -0.25) is 0 Å². The molecule has 0 saturated heterocycles. The summed E-state index contributed by atoms with van der Waals surface area (Å²) in [7, 11) is 0. The molecule has 0 aromatic heterocycles. The Balaban J connectivity index is -0.00000000300. The molecule has 0 bridgehead atoms. The Kier molecular flexibility index (Phi) is 163. The maximum atomic E-state index is 8.33. The Hall–Kier alpha value is 5.74. The fourth-order valence-electron chi connectivity index (χ4n) is 0. The third-order valence-corrected chi connectivity index (χ3v) is 0. The SMILES string of the molecule is O=C([O-])[O-].[KH].[KH].[Li+].[Li+].[NaH].[NaH]. The predicted molar refractivity (Wildman–Crippen MR) is 34.0 cm³/mol. The van der Waals surface area contributed by atoms with Crippen LogP contribution in [0, 0.1) is 0 Å². The molecule has 0 spiro atoms. The molecule has 32 valence electrons. The van der Waals surface area contributed by atoms with Crippen LogP contribution in [0.5, 0.6) is 0 Å². The van der Waals surface area contributed by atoms with E-state index in [1.807, 2.05) is 0 Å². The van der Waals surface area contributed by atoms with Gasteiger partial charge in [-0.25, -0.2) is 0 Å². The van der Waals surface area contributed by atoms with Crippen molar-refractivity contribution in [3.63, 3.8) is 0 Å². The van der Waals surface area contributed by atoms with Crippen LogP contribution in [0.4, 0.5) is 4.79 Å². The molecular formula is CH4K2Li2Na2O3. The van der Waals surface area contributed by atoms with Gasteiger partial charge in [0.15, 0.2) is 0 Å². The molecular weight excluding hydrogens is 198 g/mol. The summed E-state index contributed by atoms with van der Waals surface area (Å²) in [5, 5.41) is 16.7. The molecule has 0 radical (unpaired) electrons. The maximum absolute atomic E-state index is 8.33. The standard InChI is InChI=1S/CH2O3.2K.2Li.2Na.4H/c2-1(3)4;;;;;;;;;;/h(H2,2,3,4);;;;;;;;;;/q;;;2*+1;;;;;;/p-2. The van der Waals surface area contributed by atoms with Gasteiger partial charge in [-0.1, -0.05) is 0 Å². The first-order valence-electron chi connectivity index (χ1n) is 0.612. The van der Waals surface area contributed by atoms with Crippen molar-refractivity contribution < 1.29 is 52.7 Å². The quantitative estimate of drug-likeness (QED) is 0.366. The van der Waals surface area contributed by atoms with E-state index in [-0.39, 0.29) is 200 Å². The first-order chi connectivity index (χ1) is 1.73. The molecule has 0 unspecified atom stereocenters. The number of carbonyl (C=O) groups is 1.